The van der Waals surface area contributed by atoms with Crippen molar-refractivity contribution in [3.05, 3.63) is 24.1 Å². The van der Waals surface area contributed by atoms with Gasteiger partial charge in [-0.05, 0) is 26.7 Å². The van der Waals surface area contributed by atoms with Crippen LogP contribution in [0.4, 0.5) is 0 Å². The van der Waals surface area contributed by atoms with E-state index >= 15 is 0 Å². The molecule has 90 valence electrons. The Balaban J connectivity index is 1.75. The molecule has 17 heavy (non-hydrogen) atoms. The Morgan fingerprint density at radius 3 is 3.00 bits per heavy atom. The maximum Gasteiger partial charge on any atom is 0.239 e. The number of nitrogens with zero attached hydrogens (tertiary/aromatic N) is 4. The highest BCUT2D eigenvalue weighted by atomic mass is 32.2. The molecule has 1 fully saturated rings. The van der Waals surface area contributed by atoms with Crippen LogP contribution in [0.2, 0.25) is 0 Å². The average molecular weight is 250 g/mol. The number of thioether (sulfide) groups is 1. The van der Waals surface area contributed by atoms with Gasteiger partial charge in [-0.2, -0.15) is 4.98 Å². The van der Waals surface area contributed by atoms with Gasteiger partial charge in [0.2, 0.25) is 5.89 Å². The summed E-state index contributed by atoms with van der Waals surface area (Å²) < 4.78 is 7.41. The van der Waals surface area contributed by atoms with Crippen molar-refractivity contribution in [1.82, 2.24) is 19.7 Å². The lowest BCUT2D eigenvalue weighted by Gasteiger charge is -2.08. The molecular weight excluding hydrogens is 236 g/mol. The minimum atomic E-state index is 0.135. The number of aryl methyl sites for hydroxylation is 1. The molecule has 1 aliphatic rings. The highest BCUT2D eigenvalue weighted by Gasteiger charge is 2.27. The van der Waals surface area contributed by atoms with Crippen LogP contribution in [0, 0.1) is 6.92 Å². The fourth-order valence-corrected chi connectivity index (χ4v) is 2.67. The van der Waals surface area contributed by atoms with Gasteiger partial charge in [-0.25, -0.2) is 4.98 Å². The molecule has 1 aliphatic carbocycles. The average Bonchev–Trinajstić information content (AvgIpc) is 2.89. The van der Waals surface area contributed by atoms with Gasteiger partial charge < -0.3 is 9.09 Å². The summed E-state index contributed by atoms with van der Waals surface area (Å²) >= 11 is 1.67. The summed E-state index contributed by atoms with van der Waals surface area (Å²) in [6.07, 6.45) is 6.42. The quantitative estimate of drug-likeness (QED) is 0.781. The van der Waals surface area contributed by atoms with Crippen molar-refractivity contribution in [2.75, 3.05) is 0 Å². The molecule has 3 rings (SSSR count). The normalized spacial score (nSPS) is 17.3. The Hall–Kier alpha value is -1.30. The molecule has 6 heteroatoms. The van der Waals surface area contributed by atoms with Crippen LogP contribution in [0.1, 0.15) is 42.8 Å². The molecule has 2 heterocycles. The van der Waals surface area contributed by atoms with Crippen molar-refractivity contribution in [1.29, 1.82) is 0 Å². The second-order valence-electron chi connectivity index (χ2n) is 4.29. The first kappa shape index (κ1) is 10.8. The van der Waals surface area contributed by atoms with Crippen LogP contribution in [0.15, 0.2) is 22.1 Å². The van der Waals surface area contributed by atoms with E-state index in [0.717, 1.165) is 5.16 Å². The maximum absolute atomic E-state index is 5.17. The fourth-order valence-electron chi connectivity index (χ4n) is 1.71. The second-order valence-corrected chi connectivity index (χ2v) is 5.60. The molecule has 5 nitrogen and oxygen atoms in total. The van der Waals surface area contributed by atoms with E-state index < -0.39 is 0 Å². The number of hydrogen-bond donors (Lipinski definition) is 0. The SMILES string of the molecule is Cc1noc([C@@H](C)Sc2nccn2C2CC2)n1. The van der Waals surface area contributed by atoms with Gasteiger partial charge >= 0.3 is 0 Å². The van der Waals surface area contributed by atoms with Crippen LogP contribution in [0.3, 0.4) is 0 Å². The molecule has 1 atom stereocenters. The zero-order valence-corrected chi connectivity index (χ0v) is 10.6. The first-order valence-electron chi connectivity index (χ1n) is 5.74. The Morgan fingerprint density at radius 1 is 1.53 bits per heavy atom. The zero-order valence-electron chi connectivity index (χ0n) is 9.83. The fraction of sp³-hybridized carbons (Fsp3) is 0.545. The molecule has 0 N–H and O–H groups in total. The molecule has 0 aromatic carbocycles. The van der Waals surface area contributed by atoms with Crippen LogP contribution in [-0.2, 0) is 0 Å². The lowest BCUT2D eigenvalue weighted by Crippen LogP contribution is -1.97. The molecule has 2 aromatic heterocycles. The first-order chi connectivity index (χ1) is 8.24. The largest absolute Gasteiger partial charge is 0.338 e. The van der Waals surface area contributed by atoms with Crippen LogP contribution in [-0.4, -0.2) is 19.7 Å². The lowest BCUT2D eigenvalue weighted by atomic mass is 10.5. The molecule has 0 saturated heterocycles. The van der Waals surface area contributed by atoms with Gasteiger partial charge in [-0.3, -0.25) is 0 Å². The van der Waals surface area contributed by atoms with E-state index in [0.29, 0.717) is 17.8 Å². The summed E-state index contributed by atoms with van der Waals surface area (Å²) in [6.45, 7) is 3.89. The molecule has 0 unspecified atom stereocenters. The summed E-state index contributed by atoms with van der Waals surface area (Å²) in [4.78, 5) is 8.63. The third-order valence-corrected chi connectivity index (χ3v) is 3.83. The highest BCUT2D eigenvalue weighted by Crippen LogP contribution is 2.40. The molecule has 1 saturated carbocycles. The van der Waals surface area contributed by atoms with Crippen LogP contribution in [0.25, 0.3) is 0 Å². The van der Waals surface area contributed by atoms with Gasteiger partial charge in [0.25, 0.3) is 0 Å². The smallest absolute Gasteiger partial charge is 0.239 e. The van der Waals surface area contributed by atoms with Crippen molar-refractivity contribution < 1.29 is 4.52 Å². The Morgan fingerprint density at radius 2 is 2.35 bits per heavy atom. The van der Waals surface area contributed by atoms with Gasteiger partial charge in [0.05, 0.1) is 5.25 Å². The van der Waals surface area contributed by atoms with E-state index in [1.165, 1.54) is 12.8 Å². The maximum atomic E-state index is 5.17. The minimum Gasteiger partial charge on any atom is -0.338 e. The van der Waals surface area contributed by atoms with Crippen molar-refractivity contribution in [2.45, 2.75) is 43.1 Å². The van der Waals surface area contributed by atoms with Gasteiger partial charge in [0.15, 0.2) is 11.0 Å². The van der Waals surface area contributed by atoms with Crippen LogP contribution < -0.4 is 0 Å². The number of aromatic nitrogens is 4. The summed E-state index contributed by atoms with van der Waals surface area (Å²) in [5.41, 5.74) is 0. The molecule has 2 aromatic rings. The Kier molecular flexibility index (Phi) is 2.66. The molecular formula is C11H14N4OS. The number of imidazole rings is 1. The molecule has 0 radical (unpaired) electrons. The lowest BCUT2D eigenvalue weighted by molar-refractivity contribution is 0.376. The van der Waals surface area contributed by atoms with E-state index in [4.69, 9.17) is 4.52 Å². The predicted molar refractivity (Wildman–Crippen MR) is 63.8 cm³/mol. The second kappa shape index (κ2) is 4.18. The third kappa shape index (κ3) is 2.22. The molecule has 0 aliphatic heterocycles. The van der Waals surface area contributed by atoms with Crippen molar-refractivity contribution in [3.8, 4) is 0 Å². The Labute approximate surface area is 104 Å². The van der Waals surface area contributed by atoms with Crippen molar-refractivity contribution >= 4 is 11.8 Å². The number of rotatable bonds is 4. The summed E-state index contributed by atoms with van der Waals surface area (Å²) in [5, 5.41) is 4.98. The minimum absolute atomic E-state index is 0.135. The van der Waals surface area contributed by atoms with Gasteiger partial charge in [-0.15, -0.1) is 0 Å². The molecule has 0 spiro atoms. The van der Waals surface area contributed by atoms with E-state index in [-0.39, 0.29) is 5.25 Å². The van der Waals surface area contributed by atoms with Crippen LogP contribution >= 0.6 is 11.8 Å². The standard InChI is InChI=1S/C11H14N4OS/c1-7(10-13-8(2)14-16-10)17-11-12-5-6-15(11)9-3-4-9/h5-7,9H,3-4H2,1-2H3/t7-/m1/s1. The summed E-state index contributed by atoms with van der Waals surface area (Å²) in [7, 11) is 0. The van der Waals surface area contributed by atoms with E-state index in [2.05, 4.69) is 26.6 Å². The van der Waals surface area contributed by atoms with E-state index in [1.54, 1.807) is 11.8 Å². The predicted octanol–water partition coefficient (Wildman–Crippen LogP) is 2.76. The third-order valence-electron chi connectivity index (χ3n) is 2.75. The Bertz CT molecular complexity index is 517. The van der Waals surface area contributed by atoms with E-state index in [9.17, 15) is 0 Å². The zero-order chi connectivity index (χ0) is 11.8. The summed E-state index contributed by atoms with van der Waals surface area (Å²) in [5.74, 6) is 1.34. The van der Waals surface area contributed by atoms with E-state index in [1.807, 2.05) is 19.3 Å². The first-order valence-corrected chi connectivity index (χ1v) is 6.61. The molecule has 0 amide bonds. The van der Waals surface area contributed by atoms with Crippen LogP contribution in [0.5, 0.6) is 0 Å². The van der Waals surface area contributed by atoms with Gasteiger partial charge in [-0.1, -0.05) is 16.9 Å². The monoisotopic (exact) mass is 250 g/mol. The number of hydrogen-bond acceptors (Lipinski definition) is 5. The van der Waals surface area contributed by atoms with Crippen molar-refractivity contribution in [2.24, 2.45) is 0 Å². The topological polar surface area (TPSA) is 56.7 Å². The van der Waals surface area contributed by atoms with Gasteiger partial charge in [0, 0.05) is 18.4 Å². The highest BCUT2D eigenvalue weighted by molar-refractivity contribution is 7.99. The molecule has 0 bridgehead atoms. The summed E-state index contributed by atoms with van der Waals surface area (Å²) in [6, 6.07) is 0.650. The van der Waals surface area contributed by atoms with Crippen molar-refractivity contribution in [3.63, 3.8) is 0 Å². The van der Waals surface area contributed by atoms with Gasteiger partial charge in [0.1, 0.15) is 0 Å².